The van der Waals surface area contributed by atoms with Crippen LogP contribution in [0.5, 0.6) is 5.75 Å². The molecule has 28 heavy (non-hydrogen) atoms. The molecule has 2 atom stereocenters. The zero-order valence-corrected chi connectivity index (χ0v) is 15.5. The van der Waals surface area contributed by atoms with Crippen molar-refractivity contribution in [3.63, 3.8) is 0 Å². The molecule has 0 aromatic heterocycles. The molecule has 1 N–H and O–H groups in total. The van der Waals surface area contributed by atoms with Gasteiger partial charge in [0.2, 0.25) is 5.91 Å². The zero-order valence-electron chi connectivity index (χ0n) is 15.5. The highest BCUT2D eigenvalue weighted by Gasteiger charge is 2.43. The lowest BCUT2D eigenvalue weighted by molar-refractivity contribution is -0.122. The number of benzene rings is 3. The lowest BCUT2D eigenvalue weighted by Gasteiger charge is -2.06. The number of carbonyl (C=O) groups excluding carboxylic acids is 1. The number of hydrazone groups is 1. The predicted octanol–water partition coefficient (Wildman–Crippen LogP) is 4.52. The van der Waals surface area contributed by atoms with Gasteiger partial charge < -0.3 is 4.74 Å². The van der Waals surface area contributed by atoms with E-state index in [1.165, 1.54) is 5.56 Å². The number of carbonyl (C=O) groups is 1. The van der Waals surface area contributed by atoms with E-state index in [0.29, 0.717) is 12.5 Å². The third kappa shape index (κ3) is 4.65. The first-order valence-electron chi connectivity index (χ1n) is 9.44. The van der Waals surface area contributed by atoms with E-state index < -0.39 is 0 Å². The Bertz CT molecular complexity index is 955. The topological polar surface area (TPSA) is 50.7 Å². The molecule has 1 aliphatic rings. The molecule has 0 saturated heterocycles. The van der Waals surface area contributed by atoms with Gasteiger partial charge in [-0.15, -0.1) is 0 Å². The number of rotatable bonds is 7. The molecule has 0 heterocycles. The van der Waals surface area contributed by atoms with Crippen LogP contribution in [0.1, 0.15) is 29.0 Å². The summed E-state index contributed by atoms with van der Waals surface area (Å²) in [6, 6.07) is 27.8. The van der Waals surface area contributed by atoms with Crippen molar-refractivity contribution in [2.75, 3.05) is 0 Å². The van der Waals surface area contributed by atoms with Crippen molar-refractivity contribution in [3.8, 4) is 5.75 Å². The largest absolute Gasteiger partial charge is 0.489 e. The smallest absolute Gasteiger partial charge is 0.243 e. The molecule has 1 amide bonds. The summed E-state index contributed by atoms with van der Waals surface area (Å²) in [5.74, 6) is 1.07. The van der Waals surface area contributed by atoms with Gasteiger partial charge in [-0.2, -0.15) is 5.10 Å². The number of amides is 1. The summed E-state index contributed by atoms with van der Waals surface area (Å²) in [6.07, 6.45) is 2.53. The molecule has 1 saturated carbocycles. The lowest BCUT2D eigenvalue weighted by Crippen LogP contribution is -2.20. The highest BCUT2D eigenvalue weighted by molar-refractivity contribution is 5.85. The molecule has 3 aromatic rings. The minimum Gasteiger partial charge on any atom is -0.489 e. The van der Waals surface area contributed by atoms with Crippen molar-refractivity contribution < 1.29 is 9.53 Å². The van der Waals surface area contributed by atoms with Crippen LogP contribution in [0.2, 0.25) is 0 Å². The van der Waals surface area contributed by atoms with Crippen LogP contribution in [0.3, 0.4) is 0 Å². The van der Waals surface area contributed by atoms with Gasteiger partial charge in [0, 0.05) is 5.92 Å². The van der Waals surface area contributed by atoms with Crippen LogP contribution in [0.25, 0.3) is 0 Å². The number of nitrogens with zero attached hydrogens (tertiary/aromatic N) is 1. The van der Waals surface area contributed by atoms with Crippen molar-refractivity contribution in [1.29, 1.82) is 0 Å². The quantitative estimate of drug-likeness (QED) is 0.491. The second kappa shape index (κ2) is 8.53. The van der Waals surface area contributed by atoms with Crippen molar-refractivity contribution in [1.82, 2.24) is 5.43 Å². The first kappa shape index (κ1) is 18.0. The molecular weight excluding hydrogens is 348 g/mol. The van der Waals surface area contributed by atoms with E-state index >= 15 is 0 Å². The van der Waals surface area contributed by atoms with Gasteiger partial charge in [0.05, 0.1) is 6.21 Å². The van der Waals surface area contributed by atoms with Crippen LogP contribution in [0.4, 0.5) is 0 Å². The Morgan fingerprint density at radius 2 is 1.75 bits per heavy atom. The SMILES string of the molecule is O=C(NN=Cc1cccc(OCc2ccccc2)c1)C1CC1c1ccccc1. The Morgan fingerprint density at radius 1 is 1.00 bits per heavy atom. The first-order valence-corrected chi connectivity index (χ1v) is 9.44. The van der Waals surface area contributed by atoms with Crippen LogP contribution in [0.15, 0.2) is 90.0 Å². The van der Waals surface area contributed by atoms with Crippen LogP contribution < -0.4 is 10.2 Å². The summed E-state index contributed by atoms with van der Waals surface area (Å²) in [7, 11) is 0. The van der Waals surface area contributed by atoms with Gasteiger partial charge in [0.15, 0.2) is 0 Å². The summed E-state index contributed by atoms with van der Waals surface area (Å²) >= 11 is 0. The summed E-state index contributed by atoms with van der Waals surface area (Å²) < 4.78 is 5.82. The van der Waals surface area contributed by atoms with Crippen LogP contribution in [0, 0.1) is 5.92 Å². The Morgan fingerprint density at radius 3 is 2.54 bits per heavy atom. The molecule has 140 valence electrons. The molecule has 0 spiro atoms. The average molecular weight is 370 g/mol. The van der Waals surface area contributed by atoms with Gasteiger partial charge in [-0.05, 0) is 41.2 Å². The van der Waals surface area contributed by atoms with E-state index in [-0.39, 0.29) is 11.8 Å². The second-order valence-electron chi connectivity index (χ2n) is 6.94. The van der Waals surface area contributed by atoms with Gasteiger partial charge in [-0.3, -0.25) is 4.79 Å². The fraction of sp³-hybridized carbons (Fsp3) is 0.167. The third-order valence-corrected chi connectivity index (χ3v) is 4.85. The van der Waals surface area contributed by atoms with Crippen molar-refractivity contribution in [2.45, 2.75) is 18.9 Å². The molecule has 3 aromatic carbocycles. The average Bonchev–Trinajstić information content (AvgIpc) is 3.55. The minimum atomic E-state index is -0.0263. The van der Waals surface area contributed by atoms with E-state index in [2.05, 4.69) is 22.7 Å². The molecule has 4 heteroatoms. The molecular formula is C24H22N2O2. The Labute approximate surface area is 164 Å². The molecule has 4 rings (SSSR count). The van der Waals surface area contributed by atoms with Crippen LogP contribution in [-0.4, -0.2) is 12.1 Å². The third-order valence-electron chi connectivity index (χ3n) is 4.85. The van der Waals surface area contributed by atoms with Crippen molar-refractivity contribution >= 4 is 12.1 Å². The molecule has 0 aliphatic heterocycles. The van der Waals surface area contributed by atoms with Crippen molar-refractivity contribution in [3.05, 3.63) is 102 Å². The zero-order chi connectivity index (χ0) is 19.2. The maximum atomic E-state index is 12.3. The molecule has 1 aliphatic carbocycles. The normalized spacial score (nSPS) is 18.0. The van der Waals surface area contributed by atoms with E-state index in [1.54, 1.807) is 6.21 Å². The fourth-order valence-corrected chi connectivity index (χ4v) is 3.23. The summed E-state index contributed by atoms with van der Waals surface area (Å²) in [6.45, 7) is 0.515. The molecule has 4 nitrogen and oxygen atoms in total. The number of nitrogens with one attached hydrogen (secondary N) is 1. The summed E-state index contributed by atoms with van der Waals surface area (Å²) in [5.41, 5.74) is 5.87. The summed E-state index contributed by atoms with van der Waals surface area (Å²) in [5, 5.41) is 4.11. The molecule has 2 unspecified atom stereocenters. The number of hydrogen-bond acceptors (Lipinski definition) is 3. The molecule has 0 bridgehead atoms. The second-order valence-corrected chi connectivity index (χ2v) is 6.94. The van der Waals surface area contributed by atoms with Gasteiger partial charge in [0.25, 0.3) is 0 Å². The standard InChI is InChI=1S/C24H22N2O2/c27-24(23-15-22(23)20-11-5-2-6-12-20)26-25-16-19-10-7-13-21(14-19)28-17-18-8-3-1-4-9-18/h1-14,16,22-23H,15,17H2,(H,26,27). The lowest BCUT2D eigenvalue weighted by atomic mass is 10.1. The monoisotopic (exact) mass is 370 g/mol. The van der Waals surface area contributed by atoms with E-state index in [0.717, 1.165) is 23.3 Å². The van der Waals surface area contributed by atoms with E-state index in [9.17, 15) is 4.79 Å². The Balaban J connectivity index is 1.28. The number of ether oxygens (including phenoxy) is 1. The van der Waals surface area contributed by atoms with Gasteiger partial charge in [0.1, 0.15) is 12.4 Å². The van der Waals surface area contributed by atoms with Crippen LogP contribution >= 0.6 is 0 Å². The minimum absolute atomic E-state index is 0.0140. The Kier molecular flexibility index (Phi) is 5.48. The van der Waals surface area contributed by atoms with Crippen molar-refractivity contribution in [2.24, 2.45) is 11.0 Å². The number of hydrogen-bond donors (Lipinski definition) is 1. The van der Waals surface area contributed by atoms with E-state index in [4.69, 9.17) is 4.74 Å². The maximum absolute atomic E-state index is 12.3. The molecule has 1 fully saturated rings. The van der Waals surface area contributed by atoms with Gasteiger partial charge in [-0.25, -0.2) is 5.43 Å². The highest BCUT2D eigenvalue weighted by atomic mass is 16.5. The highest BCUT2D eigenvalue weighted by Crippen LogP contribution is 2.47. The van der Waals surface area contributed by atoms with Gasteiger partial charge in [-0.1, -0.05) is 72.8 Å². The fourth-order valence-electron chi connectivity index (χ4n) is 3.23. The summed E-state index contributed by atoms with van der Waals surface area (Å²) in [4.78, 5) is 12.3. The predicted molar refractivity (Wildman–Crippen MR) is 110 cm³/mol. The molecule has 0 radical (unpaired) electrons. The van der Waals surface area contributed by atoms with E-state index in [1.807, 2.05) is 72.8 Å². The van der Waals surface area contributed by atoms with Gasteiger partial charge >= 0.3 is 0 Å². The maximum Gasteiger partial charge on any atom is 0.243 e. The van der Waals surface area contributed by atoms with Crippen LogP contribution in [-0.2, 0) is 11.4 Å². The Hall–Kier alpha value is -3.40. The first-order chi connectivity index (χ1) is 13.8.